The molecule has 0 aliphatic heterocycles. The molecule has 0 radical (unpaired) electrons. The molecule has 5 nitrogen and oxygen atoms in total. The number of halogens is 2. The highest BCUT2D eigenvalue weighted by atomic mass is 19.2. The molecule has 0 aliphatic rings. The van der Waals surface area contributed by atoms with Gasteiger partial charge in [-0.1, -0.05) is 6.07 Å². The molecular weight excluding hydrogens is 254 g/mol. The molecule has 2 aromatic rings. The molecule has 0 saturated carbocycles. The van der Waals surface area contributed by atoms with E-state index in [1.54, 1.807) is 6.07 Å². The van der Waals surface area contributed by atoms with Crippen molar-refractivity contribution in [2.45, 2.75) is 6.54 Å². The van der Waals surface area contributed by atoms with E-state index >= 15 is 0 Å². The molecule has 0 unspecified atom stereocenters. The van der Waals surface area contributed by atoms with Gasteiger partial charge in [0, 0.05) is 12.6 Å². The second kappa shape index (κ2) is 5.27. The first-order chi connectivity index (χ1) is 9.08. The summed E-state index contributed by atoms with van der Waals surface area (Å²) in [5, 5.41) is 11.4. The van der Waals surface area contributed by atoms with Crippen molar-refractivity contribution >= 4 is 5.82 Å². The van der Waals surface area contributed by atoms with Crippen LogP contribution >= 0.6 is 0 Å². The van der Waals surface area contributed by atoms with Crippen LogP contribution in [0.15, 0.2) is 29.1 Å². The standard InChI is InChI=1S/C12H8F2N4O/c13-9-2-1-7(3-10(9)14)6-16-11-4-8(5-15)17-12(19)18-11/h1-4H,6H2,(H2,16,17,18,19). The van der Waals surface area contributed by atoms with Gasteiger partial charge >= 0.3 is 5.69 Å². The second-order valence-electron chi connectivity index (χ2n) is 3.70. The van der Waals surface area contributed by atoms with E-state index in [1.807, 2.05) is 0 Å². The van der Waals surface area contributed by atoms with Crippen LogP contribution in [-0.4, -0.2) is 9.97 Å². The summed E-state index contributed by atoms with van der Waals surface area (Å²) in [5.41, 5.74) is -0.112. The maximum atomic E-state index is 13.0. The lowest BCUT2D eigenvalue weighted by atomic mass is 10.2. The summed E-state index contributed by atoms with van der Waals surface area (Å²) < 4.78 is 25.7. The van der Waals surface area contributed by atoms with E-state index in [0.29, 0.717) is 5.56 Å². The fourth-order valence-corrected chi connectivity index (χ4v) is 1.45. The van der Waals surface area contributed by atoms with E-state index in [4.69, 9.17) is 5.26 Å². The molecule has 0 aliphatic carbocycles. The van der Waals surface area contributed by atoms with Crippen LogP contribution in [0, 0.1) is 23.0 Å². The highest BCUT2D eigenvalue weighted by Crippen LogP contribution is 2.10. The zero-order valence-corrected chi connectivity index (χ0v) is 9.58. The van der Waals surface area contributed by atoms with Crippen LogP contribution in [-0.2, 0) is 6.54 Å². The SMILES string of the molecule is N#Cc1cc(NCc2ccc(F)c(F)c2)nc(=O)[nH]1. The Bertz CT molecular complexity index is 706. The van der Waals surface area contributed by atoms with Crippen LogP contribution in [0.5, 0.6) is 0 Å². The van der Waals surface area contributed by atoms with Gasteiger partial charge in [-0.15, -0.1) is 0 Å². The van der Waals surface area contributed by atoms with Gasteiger partial charge in [-0.3, -0.25) is 4.98 Å². The number of hydrogen-bond acceptors (Lipinski definition) is 4. The van der Waals surface area contributed by atoms with Gasteiger partial charge in [0.15, 0.2) is 11.6 Å². The van der Waals surface area contributed by atoms with Crippen LogP contribution in [0.3, 0.4) is 0 Å². The fraction of sp³-hybridized carbons (Fsp3) is 0.0833. The molecule has 96 valence electrons. The summed E-state index contributed by atoms with van der Waals surface area (Å²) in [6, 6.07) is 6.59. The third-order valence-electron chi connectivity index (χ3n) is 2.32. The predicted molar refractivity (Wildman–Crippen MR) is 63.3 cm³/mol. The number of benzene rings is 1. The predicted octanol–water partition coefficient (Wildman–Crippen LogP) is 1.53. The molecule has 0 atom stereocenters. The summed E-state index contributed by atoms with van der Waals surface area (Å²) >= 11 is 0. The minimum atomic E-state index is -0.948. The van der Waals surface area contributed by atoms with Crippen LogP contribution in [0.4, 0.5) is 14.6 Å². The number of aromatic nitrogens is 2. The van der Waals surface area contributed by atoms with E-state index in [2.05, 4.69) is 15.3 Å². The van der Waals surface area contributed by atoms with Crippen molar-refractivity contribution in [1.82, 2.24) is 9.97 Å². The second-order valence-corrected chi connectivity index (χ2v) is 3.70. The molecule has 0 spiro atoms. The Labute approximate surface area is 106 Å². The monoisotopic (exact) mass is 262 g/mol. The highest BCUT2D eigenvalue weighted by molar-refractivity contribution is 5.39. The fourth-order valence-electron chi connectivity index (χ4n) is 1.45. The van der Waals surface area contributed by atoms with Crippen molar-refractivity contribution in [1.29, 1.82) is 5.26 Å². The summed E-state index contributed by atoms with van der Waals surface area (Å²) in [6.45, 7) is 0.151. The zero-order chi connectivity index (χ0) is 13.8. The number of nitrogens with zero attached hydrogens (tertiary/aromatic N) is 2. The Kier molecular flexibility index (Phi) is 3.52. The first-order valence-corrected chi connectivity index (χ1v) is 5.28. The van der Waals surface area contributed by atoms with Gasteiger partial charge in [0.25, 0.3) is 0 Å². The quantitative estimate of drug-likeness (QED) is 0.878. The Morgan fingerprint density at radius 1 is 1.32 bits per heavy atom. The Hall–Kier alpha value is -2.75. The zero-order valence-electron chi connectivity index (χ0n) is 9.58. The van der Waals surface area contributed by atoms with Gasteiger partial charge in [-0.25, -0.2) is 13.6 Å². The van der Waals surface area contributed by atoms with Crippen LogP contribution < -0.4 is 11.0 Å². The first-order valence-electron chi connectivity index (χ1n) is 5.28. The van der Waals surface area contributed by atoms with Crippen molar-refractivity contribution in [3.63, 3.8) is 0 Å². The van der Waals surface area contributed by atoms with E-state index in [1.165, 1.54) is 12.1 Å². The van der Waals surface area contributed by atoms with E-state index in [9.17, 15) is 13.6 Å². The topological polar surface area (TPSA) is 81.6 Å². The van der Waals surface area contributed by atoms with Gasteiger partial charge in [0.2, 0.25) is 0 Å². The molecule has 2 N–H and O–H groups in total. The molecule has 0 bridgehead atoms. The highest BCUT2D eigenvalue weighted by Gasteiger charge is 2.04. The van der Waals surface area contributed by atoms with Crippen molar-refractivity contribution in [2.24, 2.45) is 0 Å². The van der Waals surface area contributed by atoms with E-state index < -0.39 is 17.3 Å². The lowest BCUT2D eigenvalue weighted by Crippen LogP contribution is -2.15. The minimum absolute atomic E-state index is 0.0628. The van der Waals surface area contributed by atoms with Crippen LogP contribution in [0.25, 0.3) is 0 Å². The van der Waals surface area contributed by atoms with Gasteiger partial charge in [0.1, 0.15) is 17.6 Å². The molecular formula is C12H8F2N4O. The molecule has 19 heavy (non-hydrogen) atoms. The summed E-state index contributed by atoms with van der Waals surface area (Å²) in [5.74, 6) is -1.69. The normalized spacial score (nSPS) is 9.95. The Morgan fingerprint density at radius 3 is 2.79 bits per heavy atom. The van der Waals surface area contributed by atoms with Crippen molar-refractivity contribution < 1.29 is 8.78 Å². The molecule has 0 amide bonds. The van der Waals surface area contributed by atoms with Crippen molar-refractivity contribution in [2.75, 3.05) is 5.32 Å². The number of anilines is 1. The maximum absolute atomic E-state index is 13.0. The smallest absolute Gasteiger partial charge is 0.347 e. The first kappa shape index (κ1) is 12.7. The largest absolute Gasteiger partial charge is 0.366 e. The number of H-pyrrole nitrogens is 1. The lowest BCUT2D eigenvalue weighted by molar-refractivity contribution is 0.507. The molecule has 7 heteroatoms. The Balaban J connectivity index is 2.14. The summed E-state index contributed by atoms with van der Waals surface area (Å²) in [6.07, 6.45) is 0. The average molecular weight is 262 g/mol. The lowest BCUT2D eigenvalue weighted by Gasteiger charge is -2.05. The summed E-state index contributed by atoms with van der Waals surface area (Å²) in [7, 11) is 0. The van der Waals surface area contributed by atoms with Crippen molar-refractivity contribution in [3.05, 3.63) is 57.6 Å². The number of hydrogen-bond donors (Lipinski definition) is 2. The summed E-state index contributed by atoms with van der Waals surface area (Å²) in [4.78, 5) is 16.9. The molecule has 1 aromatic carbocycles. The van der Waals surface area contributed by atoms with E-state index in [0.717, 1.165) is 12.1 Å². The number of nitriles is 1. The molecule has 0 fully saturated rings. The van der Waals surface area contributed by atoms with Crippen LogP contribution in [0.2, 0.25) is 0 Å². The minimum Gasteiger partial charge on any atom is -0.366 e. The van der Waals surface area contributed by atoms with Crippen LogP contribution in [0.1, 0.15) is 11.3 Å². The van der Waals surface area contributed by atoms with E-state index in [-0.39, 0.29) is 18.1 Å². The number of nitrogens with one attached hydrogen (secondary N) is 2. The third kappa shape index (κ3) is 3.13. The Morgan fingerprint density at radius 2 is 2.11 bits per heavy atom. The van der Waals surface area contributed by atoms with Gasteiger partial charge in [0.05, 0.1) is 0 Å². The molecule has 2 rings (SSSR count). The molecule has 1 heterocycles. The third-order valence-corrected chi connectivity index (χ3v) is 2.32. The van der Waals surface area contributed by atoms with Gasteiger partial charge in [-0.05, 0) is 17.7 Å². The number of aromatic amines is 1. The van der Waals surface area contributed by atoms with Crippen molar-refractivity contribution in [3.8, 4) is 6.07 Å². The average Bonchev–Trinajstić information content (AvgIpc) is 2.39. The maximum Gasteiger partial charge on any atom is 0.347 e. The molecule has 0 saturated heterocycles. The molecule has 1 aromatic heterocycles. The number of rotatable bonds is 3. The van der Waals surface area contributed by atoms with Gasteiger partial charge in [-0.2, -0.15) is 10.2 Å². The van der Waals surface area contributed by atoms with Gasteiger partial charge < -0.3 is 5.32 Å².